The van der Waals surface area contributed by atoms with Crippen molar-refractivity contribution in [1.29, 1.82) is 0 Å². The fourth-order valence-corrected chi connectivity index (χ4v) is 8.69. The fourth-order valence-electron chi connectivity index (χ4n) is 6.24. The molecular formula is C33H35N5O2S2. The van der Waals surface area contributed by atoms with Crippen LogP contribution in [0.1, 0.15) is 41.8 Å². The number of H-pyrrole nitrogens is 1. The van der Waals surface area contributed by atoms with Crippen LogP contribution < -0.4 is 15.8 Å². The number of aromatic amines is 1. The zero-order chi connectivity index (χ0) is 28.6. The smallest absolute Gasteiger partial charge is 0.249 e. The molecule has 3 unspecified atom stereocenters. The van der Waals surface area contributed by atoms with Crippen molar-refractivity contribution >= 4 is 34.9 Å². The van der Waals surface area contributed by atoms with Gasteiger partial charge in [-0.2, -0.15) is 0 Å². The summed E-state index contributed by atoms with van der Waals surface area (Å²) in [6.45, 7) is 5.31. The molecule has 2 N–H and O–H groups in total. The van der Waals surface area contributed by atoms with Crippen LogP contribution in [0.5, 0.6) is 0 Å². The molecule has 0 radical (unpaired) electrons. The predicted octanol–water partition coefficient (Wildman–Crippen LogP) is 6.52. The van der Waals surface area contributed by atoms with E-state index >= 15 is 0 Å². The molecule has 0 amide bonds. The van der Waals surface area contributed by atoms with Crippen molar-refractivity contribution in [3.8, 4) is 0 Å². The maximum absolute atomic E-state index is 11.9. The molecule has 3 aliphatic heterocycles. The molecule has 2 saturated heterocycles. The lowest BCUT2D eigenvalue weighted by atomic mass is 10.0. The quantitative estimate of drug-likeness (QED) is 0.229. The average molecular weight is 598 g/mol. The Balaban J connectivity index is 1.13. The van der Waals surface area contributed by atoms with Crippen molar-refractivity contribution in [3.05, 3.63) is 100 Å². The number of nitrogens with zero attached hydrogens (tertiary/aromatic N) is 3. The number of aryl methyl sites for hydroxylation is 1. The normalized spacial score (nSPS) is 21.0. The first-order chi connectivity index (χ1) is 20.5. The standard InChI is InChI=1S/C33H35N5O2S2/c1-21-8-10-25(35-19-21)32(26-6-4-14-37(26)2)36-22-9-11-28-30(17-22)41-29-7-3-5-24(33(29)42-28)27-20-38(15-16-40-27)23-12-13-34-31(39)18-23/h3,5,7-13,17-19,26-27,32,36H,4,6,14-16,20H2,1-2H3,(H,34,39). The molecule has 7 nitrogen and oxygen atoms in total. The Morgan fingerprint density at radius 2 is 1.98 bits per heavy atom. The topological polar surface area (TPSA) is 73.5 Å². The minimum absolute atomic E-state index is 0.0604. The van der Waals surface area contributed by atoms with Crippen LogP contribution >= 0.6 is 23.5 Å². The van der Waals surface area contributed by atoms with Crippen LogP contribution in [-0.2, 0) is 4.74 Å². The molecule has 2 aromatic heterocycles. The maximum Gasteiger partial charge on any atom is 0.249 e. The van der Waals surface area contributed by atoms with Crippen LogP contribution in [0.3, 0.4) is 0 Å². The van der Waals surface area contributed by atoms with Gasteiger partial charge in [-0.25, -0.2) is 0 Å². The molecule has 216 valence electrons. The number of ether oxygens (including phenoxy) is 1. The van der Waals surface area contributed by atoms with E-state index in [1.807, 2.05) is 35.8 Å². The van der Waals surface area contributed by atoms with Gasteiger partial charge in [-0.1, -0.05) is 41.7 Å². The molecule has 3 aliphatic rings. The lowest BCUT2D eigenvalue weighted by Gasteiger charge is -2.36. The third kappa shape index (κ3) is 5.58. The van der Waals surface area contributed by atoms with Gasteiger partial charge in [-0.05, 0) is 80.9 Å². The molecule has 4 aromatic rings. The minimum Gasteiger partial charge on any atom is -0.375 e. The Labute approximate surface area is 255 Å². The number of nitrogens with one attached hydrogen (secondary N) is 2. The van der Waals surface area contributed by atoms with Crippen LogP contribution in [0, 0.1) is 6.92 Å². The second kappa shape index (κ2) is 11.8. The number of pyridine rings is 2. The first kappa shape index (κ1) is 27.6. The second-order valence-electron chi connectivity index (χ2n) is 11.3. The van der Waals surface area contributed by atoms with E-state index in [4.69, 9.17) is 9.72 Å². The Morgan fingerprint density at radius 1 is 1.05 bits per heavy atom. The lowest BCUT2D eigenvalue weighted by molar-refractivity contribution is 0.0379. The van der Waals surface area contributed by atoms with Gasteiger partial charge in [0.2, 0.25) is 5.56 Å². The summed E-state index contributed by atoms with van der Waals surface area (Å²) in [5, 5.41) is 3.87. The van der Waals surface area contributed by atoms with Crippen LogP contribution in [0.15, 0.2) is 97.4 Å². The van der Waals surface area contributed by atoms with E-state index in [0.29, 0.717) is 19.2 Å². The average Bonchev–Trinajstić information content (AvgIpc) is 3.44. The molecule has 3 atom stereocenters. The van der Waals surface area contributed by atoms with Crippen LogP contribution in [-0.4, -0.2) is 54.2 Å². The first-order valence-electron chi connectivity index (χ1n) is 14.6. The van der Waals surface area contributed by atoms with E-state index in [-0.39, 0.29) is 17.7 Å². The maximum atomic E-state index is 11.9. The highest BCUT2D eigenvalue weighted by Gasteiger charge is 2.32. The van der Waals surface area contributed by atoms with Gasteiger partial charge in [-0.15, -0.1) is 0 Å². The monoisotopic (exact) mass is 597 g/mol. The molecule has 0 aliphatic carbocycles. The molecule has 0 bridgehead atoms. The molecule has 2 aromatic carbocycles. The largest absolute Gasteiger partial charge is 0.375 e. The molecule has 7 rings (SSSR count). The van der Waals surface area contributed by atoms with Gasteiger partial charge >= 0.3 is 0 Å². The molecular weight excluding hydrogens is 563 g/mol. The summed E-state index contributed by atoms with van der Waals surface area (Å²) in [5.41, 5.74) is 5.46. The Hall–Kier alpha value is -3.24. The van der Waals surface area contributed by atoms with Crippen molar-refractivity contribution in [3.63, 3.8) is 0 Å². The molecule has 0 saturated carbocycles. The van der Waals surface area contributed by atoms with Gasteiger partial charge in [-0.3, -0.25) is 9.78 Å². The van der Waals surface area contributed by atoms with Crippen molar-refractivity contribution < 1.29 is 4.74 Å². The fraction of sp³-hybridized carbons (Fsp3) is 0.333. The summed E-state index contributed by atoms with van der Waals surface area (Å²) in [6, 6.07) is 21.8. The van der Waals surface area contributed by atoms with Crippen LogP contribution in [0.25, 0.3) is 0 Å². The number of morpholine rings is 1. The van der Waals surface area contributed by atoms with E-state index in [0.717, 1.165) is 36.6 Å². The third-order valence-corrected chi connectivity index (χ3v) is 11.1. The van der Waals surface area contributed by atoms with Gasteiger partial charge in [0.05, 0.1) is 18.3 Å². The van der Waals surface area contributed by atoms with Crippen molar-refractivity contribution in [2.45, 2.75) is 57.5 Å². The van der Waals surface area contributed by atoms with Gasteiger partial charge in [0.25, 0.3) is 0 Å². The summed E-state index contributed by atoms with van der Waals surface area (Å²) >= 11 is 3.66. The summed E-state index contributed by atoms with van der Waals surface area (Å²) in [7, 11) is 2.23. The molecule has 5 heterocycles. The number of benzene rings is 2. The van der Waals surface area contributed by atoms with Gasteiger partial charge < -0.3 is 24.8 Å². The Morgan fingerprint density at radius 3 is 2.79 bits per heavy atom. The predicted molar refractivity (Wildman–Crippen MR) is 170 cm³/mol. The van der Waals surface area contributed by atoms with Crippen molar-refractivity contribution in [2.24, 2.45) is 0 Å². The number of hydrogen-bond donors (Lipinski definition) is 2. The molecule has 2 fully saturated rings. The summed E-state index contributed by atoms with van der Waals surface area (Å²) < 4.78 is 6.30. The Kier molecular flexibility index (Phi) is 7.75. The second-order valence-corrected chi connectivity index (χ2v) is 13.5. The van der Waals surface area contributed by atoms with Crippen molar-refractivity contribution in [1.82, 2.24) is 14.9 Å². The summed E-state index contributed by atoms with van der Waals surface area (Å²) in [5.74, 6) is 0. The summed E-state index contributed by atoms with van der Waals surface area (Å²) in [4.78, 5) is 29.2. The summed E-state index contributed by atoms with van der Waals surface area (Å²) in [6.07, 6.45) is 6.01. The van der Waals surface area contributed by atoms with E-state index in [9.17, 15) is 4.79 Å². The molecule has 9 heteroatoms. The van der Waals surface area contributed by atoms with Gasteiger partial charge in [0.1, 0.15) is 6.10 Å². The molecule has 0 spiro atoms. The van der Waals surface area contributed by atoms with E-state index in [2.05, 4.69) is 82.6 Å². The van der Waals surface area contributed by atoms with Gasteiger partial charge in [0.15, 0.2) is 0 Å². The van der Waals surface area contributed by atoms with Crippen LogP contribution in [0.4, 0.5) is 11.4 Å². The minimum atomic E-state index is -0.0817. The van der Waals surface area contributed by atoms with Crippen LogP contribution in [0.2, 0.25) is 0 Å². The first-order valence-corrected chi connectivity index (χ1v) is 16.2. The number of fused-ring (bicyclic) bond motifs is 2. The zero-order valence-electron chi connectivity index (χ0n) is 23.9. The Bertz CT molecular complexity index is 1640. The van der Waals surface area contributed by atoms with Crippen molar-refractivity contribution in [2.75, 3.05) is 43.5 Å². The van der Waals surface area contributed by atoms with E-state index < -0.39 is 0 Å². The number of hydrogen-bond acceptors (Lipinski definition) is 8. The van der Waals surface area contributed by atoms with E-state index in [1.54, 1.807) is 12.3 Å². The number of likely N-dealkylation sites (tertiary alicyclic amines) is 1. The number of aromatic nitrogens is 2. The highest BCUT2D eigenvalue weighted by molar-refractivity contribution is 8.05. The number of rotatable bonds is 6. The number of anilines is 2. The van der Waals surface area contributed by atoms with E-state index in [1.165, 1.54) is 37.1 Å². The third-order valence-electron chi connectivity index (χ3n) is 8.46. The van der Waals surface area contributed by atoms with Gasteiger partial charge in [0, 0.05) is 68.5 Å². The zero-order valence-corrected chi connectivity index (χ0v) is 25.5. The number of likely N-dealkylation sites (N-methyl/N-ethyl adjacent to an activating group) is 1. The molecule has 42 heavy (non-hydrogen) atoms. The lowest BCUT2D eigenvalue weighted by Crippen LogP contribution is -2.39. The highest BCUT2D eigenvalue weighted by atomic mass is 32.2. The highest BCUT2D eigenvalue weighted by Crippen LogP contribution is 2.52. The SMILES string of the molecule is Cc1ccc(C(Nc2ccc3c(c2)Sc2cccc(C4CN(c5cc[nH]c(=O)c5)CCO4)c2S3)C2CCCN2C)nc1.